The summed E-state index contributed by atoms with van der Waals surface area (Å²) in [6, 6.07) is 10.4. The molecule has 3 N–H and O–H groups in total. The highest BCUT2D eigenvalue weighted by molar-refractivity contribution is 7.80. The molecule has 0 spiro atoms. The third kappa shape index (κ3) is 6.75. The van der Waals surface area contributed by atoms with Crippen LogP contribution in [0.15, 0.2) is 36.4 Å². The zero-order valence-electron chi connectivity index (χ0n) is 17.7. The fourth-order valence-corrected chi connectivity index (χ4v) is 2.73. The van der Waals surface area contributed by atoms with Gasteiger partial charge in [0.05, 0.1) is 21.3 Å². The van der Waals surface area contributed by atoms with E-state index in [0.717, 1.165) is 6.42 Å². The normalized spacial score (nSPS) is 9.94. The lowest BCUT2D eigenvalue weighted by atomic mass is 10.1. The van der Waals surface area contributed by atoms with Gasteiger partial charge in [-0.2, -0.15) is 0 Å². The maximum atomic E-state index is 12.4. The Labute approximate surface area is 186 Å². The van der Waals surface area contributed by atoms with Crippen LogP contribution in [0.2, 0.25) is 0 Å². The van der Waals surface area contributed by atoms with Gasteiger partial charge in [-0.15, -0.1) is 0 Å². The molecule has 166 valence electrons. The van der Waals surface area contributed by atoms with Gasteiger partial charge in [0.2, 0.25) is 5.75 Å². The molecule has 0 radical (unpaired) electrons. The van der Waals surface area contributed by atoms with Crippen LogP contribution in [-0.4, -0.2) is 44.9 Å². The SMILES string of the molecule is CCc1ccc(OCC(=O)NC(=S)NNC(=O)c2cc(OC)c(OC)c(OC)c2)cc1. The quantitative estimate of drug-likeness (QED) is 0.417. The fourth-order valence-electron chi connectivity index (χ4n) is 2.56. The minimum atomic E-state index is -0.525. The summed E-state index contributed by atoms with van der Waals surface area (Å²) in [5.41, 5.74) is 6.26. The third-order valence-corrected chi connectivity index (χ3v) is 4.38. The van der Waals surface area contributed by atoms with Gasteiger partial charge in [0.15, 0.2) is 23.2 Å². The predicted octanol–water partition coefficient (Wildman–Crippen LogP) is 1.99. The molecule has 2 rings (SSSR count). The van der Waals surface area contributed by atoms with Crippen molar-refractivity contribution in [2.45, 2.75) is 13.3 Å². The van der Waals surface area contributed by atoms with Crippen LogP contribution in [0.4, 0.5) is 0 Å². The van der Waals surface area contributed by atoms with Gasteiger partial charge in [0.1, 0.15) is 5.75 Å². The zero-order chi connectivity index (χ0) is 22.8. The number of carbonyl (C=O) groups excluding carboxylic acids is 2. The lowest BCUT2D eigenvalue weighted by molar-refractivity contribution is -0.121. The van der Waals surface area contributed by atoms with Crippen molar-refractivity contribution >= 4 is 29.1 Å². The molecule has 0 aliphatic carbocycles. The number of hydrazine groups is 1. The topological polar surface area (TPSA) is 107 Å². The molecule has 9 nitrogen and oxygen atoms in total. The molecule has 0 saturated carbocycles. The molecule has 0 unspecified atom stereocenters. The molecule has 31 heavy (non-hydrogen) atoms. The Hall–Kier alpha value is -3.53. The summed E-state index contributed by atoms with van der Waals surface area (Å²) in [7, 11) is 4.36. The van der Waals surface area contributed by atoms with E-state index < -0.39 is 11.8 Å². The Morgan fingerprint density at radius 3 is 2.06 bits per heavy atom. The number of hydrogen-bond donors (Lipinski definition) is 3. The Kier molecular flexibility index (Phi) is 8.89. The van der Waals surface area contributed by atoms with Crippen LogP contribution in [0.3, 0.4) is 0 Å². The maximum Gasteiger partial charge on any atom is 0.269 e. The van der Waals surface area contributed by atoms with E-state index in [9.17, 15) is 9.59 Å². The molecule has 2 aromatic rings. The van der Waals surface area contributed by atoms with Crippen molar-refractivity contribution in [2.24, 2.45) is 0 Å². The summed E-state index contributed by atoms with van der Waals surface area (Å²) in [5, 5.41) is 2.33. The zero-order valence-corrected chi connectivity index (χ0v) is 18.6. The molecule has 10 heteroatoms. The average molecular weight is 448 g/mol. The number of ether oxygens (including phenoxy) is 4. The monoisotopic (exact) mass is 447 g/mol. The Balaban J connectivity index is 1.86. The standard InChI is InChI=1S/C21H25N3O6S/c1-5-13-6-8-15(9-7-13)30-12-18(25)22-21(31)24-23-20(26)14-10-16(27-2)19(29-4)17(11-14)28-3/h6-11H,5,12H2,1-4H3,(H,23,26)(H2,22,24,25,31). The van der Waals surface area contributed by atoms with E-state index in [0.29, 0.717) is 23.0 Å². The van der Waals surface area contributed by atoms with Crippen LogP contribution < -0.4 is 35.1 Å². The number of carbonyl (C=O) groups is 2. The van der Waals surface area contributed by atoms with Gasteiger partial charge < -0.3 is 18.9 Å². The molecule has 0 aromatic heterocycles. The lowest BCUT2D eigenvalue weighted by Crippen LogP contribution is -2.49. The van der Waals surface area contributed by atoms with Crippen LogP contribution >= 0.6 is 12.2 Å². The predicted molar refractivity (Wildman–Crippen MR) is 119 cm³/mol. The number of methoxy groups -OCH3 is 3. The Morgan fingerprint density at radius 2 is 1.55 bits per heavy atom. The second kappa shape index (κ2) is 11.6. The largest absolute Gasteiger partial charge is 0.493 e. The maximum absolute atomic E-state index is 12.4. The van der Waals surface area contributed by atoms with Crippen molar-refractivity contribution in [1.29, 1.82) is 0 Å². The van der Waals surface area contributed by atoms with E-state index in [4.69, 9.17) is 31.2 Å². The molecule has 2 aromatic carbocycles. The van der Waals surface area contributed by atoms with Gasteiger partial charge in [-0.3, -0.25) is 25.8 Å². The first-order valence-electron chi connectivity index (χ1n) is 9.33. The molecule has 0 aliphatic heterocycles. The van der Waals surface area contributed by atoms with Crippen LogP contribution in [0.5, 0.6) is 23.0 Å². The van der Waals surface area contributed by atoms with Crippen molar-refractivity contribution in [3.05, 3.63) is 47.5 Å². The number of benzene rings is 2. The Bertz CT molecular complexity index is 908. The Morgan fingerprint density at radius 1 is 0.935 bits per heavy atom. The van der Waals surface area contributed by atoms with Crippen LogP contribution in [0, 0.1) is 0 Å². The van der Waals surface area contributed by atoms with E-state index in [1.54, 1.807) is 12.1 Å². The van der Waals surface area contributed by atoms with E-state index in [2.05, 4.69) is 23.1 Å². The molecule has 0 atom stereocenters. The number of thiocarbonyl (C=S) groups is 1. The minimum Gasteiger partial charge on any atom is -0.493 e. The van der Waals surface area contributed by atoms with E-state index >= 15 is 0 Å². The van der Waals surface area contributed by atoms with Crippen LogP contribution in [0.25, 0.3) is 0 Å². The molecule has 0 heterocycles. The van der Waals surface area contributed by atoms with E-state index in [1.165, 1.54) is 39.0 Å². The summed E-state index contributed by atoms with van der Waals surface area (Å²) < 4.78 is 21.1. The van der Waals surface area contributed by atoms with Crippen molar-refractivity contribution in [1.82, 2.24) is 16.2 Å². The number of aryl methyl sites for hydroxylation is 1. The van der Waals surface area contributed by atoms with Crippen LogP contribution in [-0.2, 0) is 11.2 Å². The van der Waals surface area contributed by atoms with Gasteiger partial charge >= 0.3 is 0 Å². The lowest BCUT2D eigenvalue weighted by Gasteiger charge is -2.15. The third-order valence-electron chi connectivity index (χ3n) is 4.17. The number of hydrogen-bond acceptors (Lipinski definition) is 7. The number of nitrogens with one attached hydrogen (secondary N) is 3. The molecule has 0 aliphatic rings. The molecule has 2 amide bonds. The second-order valence-corrected chi connectivity index (χ2v) is 6.56. The van der Waals surface area contributed by atoms with Crippen molar-refractivity contribution in [3.8, 4) is 23.0 Å². The average Bonchev–Trinajstić information content (AvgIpc) is 2.80. The van der Waals surface area contributed by atoms with Gasteiger partial charge in [-0.05, 0) is 48.5 Å². The fraction of sp³-hybridized carbons (Fsp3) is 0.286. The molecular formula is C21H25N3O6S. The van der Waals surface area contributed by atoms with Gasteiger partial charge in [0.25, 0.3) is 11.8 Å². The first kappa shape index (κ1) is 23.7. The summed E-state index contributed by atoms with van der Waals surface area (Å²) >= 11 is 5.02. The highest BCUT2D eigenvalue weighted by Crippen LogP contribution is 2.38. The van der Waals surface area contributed by atoms with Gasteiger partial charge in [-0.25, -0.2) is 0 Å². The van der Waals surface area contributed by atoms with E-state index in [-0.39, 0.29) is 17.3 Å². The smallest absolute Gasteiger partial charge is 0.269 e. The molecular weight excluding hydrogens is 422 g/mol. The van der Waals surface area contributed by atoms with Crippen molar-refractivity contribution < 1.29 is 28.5 Å². The van der Waals surface area contributed by atoms with E-state index in [1.807, 2.05) is 12.1 Å². The van der Waals surface area contributed by atoms with Crippen molar-refractivity contribution in [3.63, 3.8) is 0 Å². The van der Waals surface area contributed by atoms with Gasteiger partial charge in [-0.1, -0.05) is 19.1 Å². The molecule has 0 fully saturated rings. The van der Waals surface area contributed by atoms with Gasteiger partial charge in [0, 0.05) is 5.56 Å². The summed E-state index contributed by atoms with van der Waals surface area (Å²) in [5.74, 6) is 0.588. The highest BCUT2D eigenvalue weighted by Gasteiger charge is 2.17. The van der Waals surface area contributed by atoms with Crippen molar-refractivity contribution in [2.75, 3.05) is 27.9 Å². The highest BCUT2D eigenvalue weighted by atomic mass is 32.1. The molecule has 0 saturated heterocycles. The number of amides is 2. The summed E-state index contributed by atoms with van der Waals surface area (Å²) in [6.45, 7) is 1.83. The first-order valence-corrected chi connectivity index (χ1v) is 9.74. The summed E-state index contributed by atoms with van der Waals surface area (Å²) in [6.07, 6.45) is 0.919. The van der Waals surface area contributed by atoms with Crippen LogP contribution in [0.1, 0.15) is 22.8 Å². The first-order chi connectivity index (χ1) is 14.9. The second-order valence-electron chi connectivity index (χ2n) is 6.16. The molecule has 0 bridgehead atoms. The number of rotatable bonds is 8. The minimum absolute atomic E-state index is 0.0873. The summed E-state index contributed by atoms with van der Waals surface area (Å²) in [4.78, 5) is 24.4.